The summed E-state index contributed by atoms with van der Waals surface area (Å²) in [6.07, 6.45) is 6.32. The second-order valence-corrected chi connectivity index (χ2v) is 7.52. The summed E-state index contributed by atoms with van der Waals surface area (Å²) in [5, 5.41) is 3.95. The van der Waals surface area contributed by atoms with Crippen LogP contribution in [0, 0.1) is 11.8 Å². The molecule has 4 unspecified atom stereocenters. The van der Waals surface area contributed by atoms with Gasteiger partial charge in [0.2, 0.25) is 0 Å². The van der Waals surface area contributed by atoms with E-state index in [2.05, 4.69) is 53.3 Å². The highest BCUT2D eigenvalue weighted by Crippen LogP contribution is 2.38. The zero-order valence-electron chi connectivity index (χ0n) is 13.1. The molecular weight excluding hydrogens is 326 g/mol. The number of ether oxygens (including phenoxy) is 1. The van der Waals surface area contributed by atoms with Crippen molar-refractivity contribution in [3.05, 3.63) is 28.2 Å². The highest BCUT2D eigenvalue weighted by atomic mass is 79.9. The number of rotatable bonds is 3. The van der Waals surface area contributed by atoms with E-state index in [0.29, 0.717) is 12.1 Å². The fourth-order valence-electron chi connectivity index (χ4n) is 4.04. The third-order valence-electron chi connectivity index (χ3n) is 5.41. The third kappa shape index (κ3) is 3.29. The highest BCUT2D eigenvalue weighted by Gasteiger charge is 2.33. The number of halogens is 1. The Kier molecular flexibility index (Phi) is 4.90. The van der Waals surface area contributed by atoms with Crippen molar-refractivity contribution in [3.63, 3.8) is 0 Å². The van der Waals surface area contributed by atoms with E-state index < -0.39 is 0 Å². The van der Waals surface area contributed by atoms with Crippen LogP contribution in [0.15, 0.2) is 22.7 Å². The lowest BCUT2D eigenvalue weighted by Gasteiger charge is -2.27. The number of fused-ring (bicyclic) bond motifs is 1. The molecule has 2 nitrogen and oxygen atoms in total. The SMILES string of the molecule is CCC1CCC(NC2CCCOc3cc(Br)ccc32)C1C. The van der Waals surface area contributed by atoms with Gasteiger partial charge >= 0.3 is 0 Å². The zero-order chi connectivity index (χ0) is 14.8. The van der Waals surface area contributed by atoms with Gasteiger partial charge < -0.3 is 10.1 Å². The summed E-state index contributed by atoms with van der Waals surface area (Å²) in [6.45, 7) is 5.59. The van der Waals surface area contributed by atoms with Crippen molar-refractivity contribution >= 4 is 15.9 Å². The third-order valence-corrected chi connectivity index (χ3v) is 5.91. The average molecular weight is 352 g/mol. The van der Waals surface area contributed by atoms with Crippen LogP contribution in [0.1, 0.15) is 57.6 Å². The molecule has 0 amide bonds. The normalized spacial score (nSPS) is 32.3. The van der Waals surface area contributed by atoms with Crippen molar-refractivity contribution < 1.29 is 4.74 Å². The van der Waals surface area contributed by atoms with E-state index in [4.69, 9.17) is 4.74 Å². The van der Waals surface area contributed by atoms with Crippen molar-refractivity contribution in [1.82, 2.24) is 5.32 Å². The monoisotopic (exact) mass is 351 g/mol. The van der Waals surface area contributed by atoms with Crippen LogP contribution in [0.5, 0.6) is 5.75 Å². The van der Waals surface area contributed by atoms with E-state index in [0.717, 1.165) is 35.1 Å². The first-order chi connectivity index (χ1) is 10.2. The standard InChI is InChI=1S/C18H26BrNO/c1-3-13-6-9-16(12(13)2)20-17-5-4-10-21-18-11-14(19)7-8-15(17)18/h7-8,11-13,16-17,20H,3-6,9-10H2,1-2H3. The average Bonchev–Trinajstić information content (AvgIpc) is 2.70. The molecule has 1 fully saturated rings. The van der Waals surface area contributed by atoms with E-state index in [9.17, 15) is 0 Å². The van der Waals surface area contributed by atoms with E-state index in [1.54, 1.807) is 0 Å². The summed E-state index contributed by atoms with van der Waals surface area (Å²) in [5.74, 6) is 2.74. The molecule has 0 radical (unpaired) electrons. The molecule has 3 heteroatoms. The van der Waals surface area contributed by atoms with Crippen LogP contribution in [-0.4, -0.2) is 12.6 Å². The predicted octanol–water partition coefficient (Wildman–Crippen LogP) is 5.08. The fraction of sp³-hybridized carbons (Fsp3) is 0.667. The molecule has 0 bridgehead atoms. The van der Waals surface area contributed by atoms with Gasteiger partial charge in [0.05, 0.1) is 6.61 Å². The Labute approximate surface area is 136 Å². The van der Waals surface area contributed by atoms with Gasteiger partial charge in [0, 0.05) is 22.1 Å². The number of nitrogens with one attached hydrogen (secondary N) is 1. The molecule has 0 saturated heterocycles. The Morgan fingerprint density at radius 1 is 1.29 bits per heavy atom. The van der Waals surface area contributed by atoms with Crippen molar-refractivity contribution in [2.75, 3.05) is 6.61 Å². The second kappa shape index (κ2) is 6.70. The molecule has 4 atom stereocenters. The molecule has 1 aliphatic heterocycles. The van der Waals surface area contributed by atoms with Crippen LogP contribution in [0.2, 0.25) is 0 Å². The molecule has 1 heterocycles. The molecule has 3 rings (SSSR count). The summed E-state index contributed by atoms with van der Waals surface area (Å²) in [7, 11) is 0. The molecule has 0 spiro atoms. The Balaban J connectivity index is 1.77. The lowest BCUT2D eigenvalue weighted by Crippen LogP contribution is -2.35. The molecule has 2 aliphatic rings. The van der Waals surface area contributed by atoms with E-state index in [1.165, 1.54) is 31.2 Å². The first kappa shape index (κ1) is 15.4. The summed E-state index contributed by atoms with van der Waals surface area (Å²) in [4.78, 5) is 0. The molecule has 1 aliphatic carbocycles. The summed E-state index contributed by atoms with van der Waals surface area (Å²) in [5.41, 5.74) is 1.34. The predicted molar refractivity (Wildman–Crippen MR) is 90.7 cm³/mol. The number of hydrogen-bond donors (Lipinski definition) is 1. The first-order valence-electron chi connectivity index (χ1n) is 8.37. The van der Waals surface area contributed by atoms with Gasteiger partial charge in [0.15, 0.2) is 0 Å². The Morgan fingerprint density at radius 2 is 2.14 bits per heavy atom. The van der Waals surface area contributed by atoms with E-state index >= 15 is 0 Å². The van der Waals surface area contributed by atoms with Crippen molar-refractivity contribution in [1.29, 1.82) is 0 Å². The fourth-order valence-corrected chi connectivity index (χ4v) is 4.38. The minimum Gasteiger partial charge on any atom is -0.493 e. The van der Waals surface area contributed by atoms with Crippen LogP contribution in [0.3, 0.4) is 0 Å². The van der Waals surface area contributed by atoms with Crippen molar-refractivity contribution in [3.8, 4) is 5.75 Å². The van der Waals surface area contributed by atoms with Gasteiger partial charge in [0.1, 0.15) is 5.75 Å². The summed E-state index contributed by atoms with van der Waals surface area (Å²) >= 11 is 3.55. The first-order valence-corrected chi connectivity index (χ1v) is 9.16. The number of hydrogen-bond acceptors (Lipinski definition) is 2. The van der Waals surface area contributed by atoms with Crippen molar-refractivity contribution in [2.45, 2.75) is 58.0 Å². The van der Waals surface area contributed by atoms with Crippen LogP contribution in [-0.2, 0) is 0 Å². The number of benzene rings is 1. The molecular formula is C18H26BrNO. The minimum absolute atomic E-state index is 0.443. The maximum absolute atomic E-state index is 5.92. The van der Waals surface area contributed by atoms with E-state index in [-0.39, 0.29) is 0 Å². The van der Waals surface area contributed by atoms with Gasteiger partial charge in [-0.05, 0) is 49.7 Å². The quantitative estimate of drug-likeness (QED) is 0.819. The van der Waals surface area contributed by atoms with Crippen LogP contribution in [0.4, 0.5) is 0 Å². The van der Waals surface area contributed by atoms with Gasteiger partial charge in [-0.2, -0.15) is 0 Å². The molecule has 21 heavy (non-hydrogen) atoms. The van der Waals surface area contributed by atoms with E-state index in [1.807, 2.05) is 0 Å². The maximum atomic E-state index is 5.92. The smallest absolute Gasteiger partial charge is 0.125 e. The Bertz CT molecular complexity index is 490. The molecule has 0 aromatic heterocycles. The summed E-state index contributed by atoms with van der Waals surface area (Å²) in [6, 6.07) is 7.57. The Morgan fingerprint density at radius 3 is 2.90 bits per heavy atom. The molecule has 116 valence electrons. The van der Waals surface area contributed by atoms with Crippen molar-refractivity contribution in [2.24, 2.45) is 11.8 Å². The summed E-state index contributed by atoms with van der Waals surface area (Å²) < 4.78 is 7.02. The van der Waals surface area contributed by atoms with Gasteiger partial charge in [0.25, 0.3) is 0 Å². The molecule has 1 aromatic carbocycles. The Hall–Kier alpha value is -0.540. The largest absolute Gasteiger partial charge is 0.493 e. The van der Waals surface area contributed by atoms with Crippen LogP contribution in [0.25, 0.3) is 0 Å². The lowest BCUT2D eigenvalue weighted by atomic mass is 9.92. The van der Waals surface area contributed by atoms with Gasteiger partial charge in [-0.3, -0.25) is 0 Å². The van der Waals surface area contributed by atoms with Crippen LogP contribution < -0.4 is 10.1 Å². The topological polar surface area (TPSA) is 21.3 Å². The van der Waals surface area contributed by atoms with Gasteiger partial charge in [-0.25, -0.2) is 0 Å². The molecule has 1 aromatic rings. The van der Waals surface area contributed by atoms with Crippen LogP contribution >= 0.6 is 15.9 Å². The zero-order valence-corrected chi connectivity index (χ0v) is 14.7. The van der Waals surface area contributed by atoms with Gasteiger partial charge in [-0.1, -0.05) is 42.3 Å². The lowest BCUT2D eigenvalue weighted by molar-refractivity contribution is 0.304. The molecule has 1 N–H and O–H groups in total. The second-order valence-electron chi connectivity index (χ2n) is 6.60. The minimum atomic E-state index is 0.443. The highest BCUT2D eigenvalue weighted by molar-refractivity contribution is 9.10. The maximum Gasteiger partial charge on any atom is 0.125 e. The molecule has 1 saturated carbocycles. The van der Waals surface area contributed by atoms with Gasteiger partial charge in [-0.15, -0.1) is 0 Å².